The van der Waals surface area contributed by atoms with Crippen molar-refractivity contribution in [3.05, 3.63) is 40.7 Å². The molecule has 1 atom stereocenters. The van der Waals surface area contributed by atoms with Gasteiger partial charge in [0.15, 0.2) is 10.3 Å². The zero-order chi connectivity index (χ0) is 22.5. The Morgan fingerprint density at radius 3 is 2.65 bits per heavy atom. The largest absolute Gasteiger partial charge is 0.495 e. The normalized spacial score (nSPS) is 11.8. The third kappa shape index (κ3) is 5.61. The van der Waals surface area contributed by atoms with Crippen molar-refractivity contribution in [1.29, 1.82) is 0 Å². The quantitative estimate of drug-likeness (QED) is 0.497. The van der Waals surface area contributed by atoms with Gasteiger partial charge in [-0.2, -0.15) is 0 Å². The Kier molecular flexibility index (Phi) is 7.29. The van der Waals surface area contributed by atoms with Crippen LogP contribution >= 0.6 is 23.1 Å². The summed E-state index contributed by atoms with van der Waals surface area (Å²) in [6.45, 7) is 5.66. The zero-order valence-corrected chi connectivity index (χ0v) is 19.6. The molecule has 164 valence electrons. The van der Waals surface area contributed by atoms with Crippen molar-refractivity contribution in [3.63, 3.8) is 0 Å². The van der Waals surface area contributed by atoms with Crippen molar-refractivity contribution in [2.24, 2.45) is 7.05 Å². The fourth-order valence-electron chi connectivity index (χ4n) is 2.63. The third-order valence-electron chi connectivity index (χ3n) is 4.53. The number of thioether (sulfide) groups is 1. The molecule has 1 aromatic carbocycles. The molecule has 0 aliphatic rings. The number of hydrogen-bond donors (Lipinski definition) is 2. The first-order valence-electron chi connectivity index (χ1n) is 9.51. The van der Waals surface area contributed by atoms with E-state index in [9.17, 15) is 9.59 Å². The van der Waals surface area contributed by atoms with Gasteiger partial charge in [-0.15, -0.1) is 21.5 Å². The van der Waals surface area contributed by atoms with Gasteiger partial charge in [0, 0.05) is 11.9 Å². The van der Waals surface area contributed by atoms with Crippen molar-refractivity contribution >= 4 is 45.7 Å². The molecular weight excluding hydrogens is 436 g/mol. The van der Waals surface area contributed by atoms with E-state index in [0.717, 1.165) is 10.6 Å². The first kappa shape index (κ1) is 22.8. The maximum Gasteiger partial charge on any atom is 0.239 e. The molecule has 3 rings (SSSR count). The van der Waals surface area contributed by atoms with E-state index in [1.165, 1.54) is 23.1 Å². The maximum atomic E-state index is 12.5. The van der Waals surface area contributed by atoms with Gasteiger partial charge in [-0.05, 0) is 32.9 Å². The highest BCUT2D eigenvalue weighted by Gasteiger charge is 2.21. The number of carbonyl (C=O) groups is 2. The summed E-state index contributed by atoms with van der Waals surface area (Å²) in [5, 5.41) is 14.6. The van der Waals surface area contributed by atoms with E-state index in [-0.39, 0.29) is 18.2 Å². The average Bonchev–Trinajstić information content (AvgIpc) is 3.23. The van der Waals surface area contributed by atoms with E-state index >= 15 is 0 Å². The molecule has 0 bridgehead atoms. The molecule has 0 saturated heterocycles. The van der Waals surface area contributed by atoms with Gasteiger partial charge < -0.3 is 19.9 Å². The fraction of sp³-hybridized carbons (Fsp3) is 0.350. The van der Waals surface area contributed by atoms with Crippen LogP contribution in [0.5, 0.6) is 5.75 Å². The molecule has 9 nitrogen and oxygen atoms in total. The summed E-state index contributed by atoms with van der Waals surface area (Å²) in [7, 11) is 3.32. The molecule has 2 N–H and O–H groups in total. The van der Waals surface area contributed by atoms with Crippen molar-refractivity contribution in [2.45, 2.75) is 37.6 Å². The maximum absolute atomic E-state index is 12.5. The Hall–Kier alpha value is -2.92. The van der Waals surface area contributed by atoms with Gasteiger partial charge in [0.25, 0.3) is 0 Å². The van der Waals surface area contributed by atoms with Gasteiger partial charge in [-0.1, -0.05) is 23.9 Å². The van der Waals surface area contributed by atoms with Crippen LogP contribution in [0.4, 0.5) is 10.8 Å². The summed E-state index contributed by atoms with van der Waals surface area (Å²) in [5.74, 6) is 0.665. The highest BCUT2D eigenvalue weighted by Crippen LogP contribution is 2.26. The Balaban J connectivity index is 1.60. The average molecular weight is 461 g/mol. The molecule has 1 unspecified atom stereocenters. The molecule has 0 saturated carbocycles. The molecule has 0 aliphatic heterocycles. The first-order valence-corrected chi connectivity index (χ1v) is 11.2. The van der Waals surface area contributed by atoms with E-state index in [2.05, 4.69) is 25.8 Å². The molecule has 31 heavy (non-hydrogen) atoms. The predicted octanol–water partition coefficient (Wildman–Crippen LogP) is 3.20. The summed E-state index contributed by atoms with van der Waals surface area (Å²) < 4.78 is 6.96. The number of nitrogens with one attached hydrogen (secondary N) is 2. The number of amides is 2. The van der Waals surface area contributed by atoms with Crippen LogP contribution in [0.15, 0.2) is 29.4 Å². The van der Waals surface area contributed by atoms with E-state index in [4.69, 9.17) is 4.74 Å². The van der Waals surface area contributed by atoms with Crippen molar-refractivity contribution < 1.29 is 14.3 Å². The number of aryl methyl sites for hydroxylation is 2. The molecule has 2 aromatic heterocycles. The topological polar surface area (TPSA) is 111 Å². The summed E-state index contributed by atoms with van der Waals surface area (Å²) in [4.78, 5) is 30.3. The number of aromatic nitrogens is 4. The van der Waals surface area contributed by atoms with Crippen LogP contribution < -0.4 is 15.4 Å². The fourth-order valence-corrected chi connectivity index (χ4v) is 4.28. The molecular formula is C20H24N6O3S2. The number of rotatable bonds is 8. The third-order valence-corrected chi connectivity index (χ3v) is 6.66. The SMILES string of the molecule is COc1ccccc1NC(=O)Cc1nnc(SC(C)C(=O)Nc2nc(C)c(C)s2)n1C. The second-order valence-electron chi connectivity index (χ2n) is 6.79. The number of thiazole rings is 1. The highest BCUT2D eigenvalue weighted by atomic mass is 32.2. The number of methoxy groups -OCH3 is 1. The number of ether oxygens (including phenoxy) is 1. The monoisotopic (exact) mass is 460 g/mol. The second-order valence-corrected chi connectivity index (χ2v) is 9.30. The first-order chi connectivity index (χ1) is 14.8. The molecule has 2 heterocycles. The molecule has 0 fully saturated rings. The lowest BCUT2D eigenvalue weighted by molar-refractivity contribution is -0.116. The number of carbonyl (C=O) groups excluding carboxylic acids is 2. The highest BCUT2D eigenvalue weighted by molar-refractivity contribution is 8.00. The van der Waals surface area contributed by atoms with Crippen LogP contribution in [0.1, 0.15) is 23.3 Å². The molecule has 0 radical (unpaired) electrons. The van der Waals surface area contributed by atoms with Crippen molar-refractivity contribution in [2.75, 3.05) is 17.7 Å². The number of benzene rings is 1. The van der Waals surface area contributed by atoms with Gasteiger partial charge >= 0.3 is 0 Å². The number of anilines is 2. The van der Waals surface area contributed by atoms with E-state index in [1.54, 1.807) is 37.8 Å². The molecule has 0 aliphatic carbocycles. The number of hydrogen-bond acceptors (Lipinski definition) is 8. The molecule has 0 spiro atoms. The number of nitrogens with zero attached hydrogens (tertiary/aromatic N) is 4. The van der Waals surface area contributed by atoms with Gasteiger partial charge in [0.1, 0.15) is 11.6 Å². The smallest absolute Gasteiger partial charge is 0.239 e. The molecule has 11 heteroatoms. The summed E-state index contributed by atoms with van der Waals surface area (Å²) in [5.41, 5.74) is 1.50. The van der Waals surface area contributed by atoms with Crippen molar-refractivity contribution in [1.82, 2.24) is 19.7 Å². The van der Waals surface area contributed by atoms with Crippen LogP contribution in [-0.2, 0) is 23.1 Å². The standard InChI is InChI=1S/C20H24N6O3S2/c1-11-12(2)30-19(21-11)23-18(28)13(3)31-20-25-24-16(26(20)4)10-17(27)22-14-8-6-7-9-15(14)29-5/h6-9,13H,10H2,1-5H3,(H,22,27)(H,21,23,28). The summed E-state index contributed by atoms with van der Waals surface area (Å²) >= 11 is 2.71. The minimum absolute atomic E-state index is 0.0420. The molecule has 2 amide bonds. The lowest BCUT2D eigenvalue weighted by atomic mass is 10.2. The van der Waals surface area contributed by atoms with Crippen LogP contribution in [0.2, 0.25) is 0 Å². The van der Waals surface area contributed by atoms with Gasteiger partial charge in [0.05, 0.1) is 30.2 Å². The summed E-state index contributed by atoms with van der Waals surface area (Å²) in [6, 6.07) is 7.18. The minimum atomic E-state index is -0.414. The Labute approximate surface area is 188 Å². The lowest BCUT2D eigenvalue weighted by Gasteiger charge is -2.11. The van der Waals surface area contributed by atoms with Gasteiger partial charge in [0.2, 0.25) is 11.8 Å². The molecule has 3 aromatic rings. The Morgan fingerprint density at radius 2 is 1.97 bits per heavy atom. The van der Waals surface area contributed by atoms with Crippen LogP contribution in [0, 0.1) is 13.8 Å². The lowest BCUT2D eigenvalue weighted by Crippen LogP contribution is -2.23. The number of para-hydroxylation sites is 2. The predicted molar refractivity (Wildman–Crippen MR) is 122 cm³/mol. The Bertz CT molecular complexity index is 1080. The van der Waals surface area contributed by atoms with Gasteiger partial charge in [-0.3, -0.25) is 9.59 Å². The van der Waals surface area contributed by atoms with Crippen LogP contribution in [0.25, 0.3) is 0 Å². The van der Waals surface area contributed by atoms with Crippen LogP contribution in [0.3, 0.4) is 0 Å². The summed E-state index contributed by atoms with van der Waals surface area (Å²) in [6.07, 6.45) is 0.0420. The van der Waals surface area contributed by atoms with Crippen LogP contribution in [-0.4, -0.2) is 43.9 Å². The Morgan fingerprint density at radius 1 is 1.23 bits per heavy atom. The van der Waals surface area contributed by atoms with E-state index in [1.807, 2.05) is 26.0 Å². The van der Waals surface area contributed by atoms with E-state index < -0.39 is 5.25 Å². The zero-order valence-electron chi connectivity index (χ0n) is 17.9. The van der Waals surface area contributed by atoms with E-state index in [0.29, 0.717) is 27.5 Å². The second kappa shape index (κ2) is 9.92. The minimum Gasteiger partial charge on any atom is -0.495 e. The van der Waals surface area contributed by atoms with Gasteiger partial charge in [-0.25, -0.2) is 4.98 Å². The van der Waals surface area contributed by atoms with Crippen molar-refractivity contribution in [3.8, 4) is 5.75 Å².